The number of hydrogen-bond acceptors (Lipinski definition) is 4. The van der Waals surface area contributed by atoms with Gasteiger partial charge in [-0.2, -0.15) is 0 Å². The van der Waals surface area contributed by atoms with Gasteiger partial charge in [0.2, 0.25) is 0 Å². The number of hydrogen-bond donors (Lipinski definition) is 2. The van der Waals surface area contributed by atoms with Crippen molar-refractivity contribution in [3.63, 3.8) is 0 Å². The van der Waals surface area contributed by atoms with Gasteiger partial charge in [0.25, 0.3) is 11.8 Å². The zero-order chi connectivity index (χ0) is 23.2. The third kappa shape index (κ3) is 4.98. The van der Waals surface area contributed by atoms with Gasteiger partial charge in [-0.1, -0.05) is 50.2 Å². The van der Waals surface area contributed by atoms with Crippen LogP contribution in [-0.2, 0) is 17.9 Å². The predicted octanol–water partition coefficient (Wildman–Crippen LogP) is 4.18. The van der Waals surface area contributed by atoms with Crippen LogP contribution in [-0.4, -0.2) is 28.0 Å². The van der Waals surface area contributed by atoms with Crippen LogP contribution in [0.5, 0.6) is 0 Å². The third-order valence-corrected chi connectivity index (χ3v) is 6.06. The zero-order valence-electron chi connectivity index (χ0n) is 19.1. The summed E-state index contributed by atoms with van der Waals surface area (Å²) in [6.07, 6.45) is 3.19. The Morgan fingerprint density at radius 2 is 1.73 bits per heavy atom. The maximum atomic E-state index is 13.3. The topological polar surface area (TPSA) is 85.3 Å². The van der Waals surface area contributed by atoms with Crippen LogP contribution in [0.4, 0.5) is 0 Å². The molecule has 7 nitrogen and oxygen atoms in total. The van der Waals surface area contributed by atoms with Gasteiger partial charge in [-0.3, -0.25) is 14.6 Å². The molecule has 2 N–H and O–H groups in total. The Kier molecular flexibility index (Phi) is 7.19. The van der Waals surface area contributed by atoms with Crippen molar-refractivity contribution in [2.75, 3.05) is 6.61 Å². The molecule has 33 heavy (non-hydrogen) atoms. The van der Waals surface area contributed by atoms with Gasteiger partial charge in [0.05, 0.1) is 42.2 Å². The number of carbonyl (C=O) groups is 2. The number of amides is 2. The highest BCUT2D eigenvalue weighted by Gasteiger charge is 2.28. The monoisotopic (exact) mass is 446 g/mol. The maximum Gasteiger partial charge on any atom is 0.268 e. The number of carbonyl (C=O) groups excluding carboxylic acids is 2. The van der Waals surface area contributed by atoms with E-state index in [0.29, 0.717) is 37.4 Å². The third-order valence-electron chi connectivity index (χ3n) is 6.06. The molecule has 2 unspecified atom stereocenters. The van der Waals surface area contributed by atoms with E-state index in [1.165, 1.54) is 0 Å². The summed E-state index contributed by atoms with van der Waals surface area (Å²) >= 11 is 0. The lowest BCUT2D eigenvalue weighted by Crippen LogP contribution is -2.32. The van der Waals surface area contributed by atoms with Crippen LogP contribution >= 0.6 is 0 Å². The fourth-order valence-electron chi connectivity index (χ4n) is 4.25. The second-order valence-corrected chi connectivity index (χ2v) is 8.13. The van der Waals surface area contributed by atoms with Crippen LogP contribution in [0.25, 0.3) is 0 Å². The van der Waals surface area contributed by atoms with Crippen LogP contribution < -0.4 is 10.6 Å². The van der Waals surface area contributed by atoms with E-state index >= 15 is 0 Å². The highest BCUT2D eigenvalue weighted by molar-refractivity contribution is 6.01. The van der Waals surface area contributed by atoms with E-state index in [1.807, 2.05) is 66.9 Å². The normalized spacial score (nSPS) is 14.7. The molecule has 1 aromatic carbocycles. The minimum atomic E-state index is -0.218. The summed E-state index contributed by atoms with van der Waals surface area (Å²) < 4.78 is 7.53. The molecule has 2 aromatic heterocycles. The Bertz CT molecular complexity index is 1010. The zero-order valence-corrected chi connectivity index (χ0v) is 19.1. The van der Waals surface area contributed by atoms with Gasteiger partial charge in [-0.25, -0.2) is 0 Å². The van der Waals surface area contributed by atoms with E-state index in [1.54, 1.807) is 12.3 Å². The second kappa shape index (κ2) is 10.4. The molecule has 1 aliphatic heterocycles. The molecule has 7 heteroatoms. The summed E-state index contributed by atoms with van der Waals surface area (Å²) in [7, 11) is 0. The molecule has 4 rings (SSSR count). The van der Waals surface area contributed by atoms with Gasteiger partial charge in [0, 0.05) is 12.7 Å². The van der Waals surface area contributed by atoms with E-state index in [0.717, 1.165) is 23.4 Å². The van der Waals surface area contributed by atoms with Crippen molar-refractivity contribution >= 4 is 11.8 Å². The van der Waals surface area contributed by atoms with Gasteiger partial charge < -0.3 is 19.9 Å². The standard InChI is InChI=1S/C26H30N4O3/c1-3-20(18-10-6-5-7-11-18)28-25(31)19-16-23(30-14-15-33-17-24(19)30)26(32)29-21(4-2)22-12-8-9-13-27-22/h5-13,16,20-21H,3-4,14-15,17H2,1-2H3,(H,28,31)(H,29,32). The molecule has 0 saturated carbocycles. The van der Waals surface area contributed by atoms with E-state index in [2.05, 4.69) is 15.6 Å². The van der Waals surface area contributed by atoms with E-state index in [-0.39, 0.29) is 23.9 Å². The molecule has 0 bridgehead atoms. The Hall–Kier alpha value is -3.45. The molecule has 172 valence electrons. The van der Waals surface area contributed by atoms with Crippen molar-refractivity contribution in [2.45, 2.75) is 51.9 Å². The number of pyridine rings is 1. The number of fused-ring (bicyclic) bond motifs is 1. The number of rotatable bonds is 8. The minimum absolute atomic E-state index is 0.107. The summed E-state index contributed by atoms with van der Waals surface area (Å²) in [5.41, 5.74) is 3.56. The molecule has 3 aromatic rings. The van der Waals surface area contributed by atoms with Crippen molar-refractivity contribution in [2.24, 2.45) is 0 Å². The minimum Gasteiger partial charge on any atom is -0.373 e. The number of nitrogens with zero attached hydrogens (tertiary/aromatic N) is 2. The molecule has 2 amide bonds. The lowest BCUT2D eigenvalue weighted by atomic mass is 10.0. The van der Waals surface area contributed by atoms with Crippen molar-refractivity contribution in [1.82, 2.24) is 20.2 Å². The fraction of sp³-hybridized carbons (Fsp3) is 0.346. The largest absolute Gasteiger partial charge is 0.373 e. The first kappa shape index (κ1) is 22.7. The Labute approximate surface area is 194 Å². The first-order valence-corrected chi connectivity index (χ1v) is 11.5. The van der Waals surface area contributed by atoms with Crippen LogP contribution in [0.3, 0.4) is 0 Å². The molecule has 3 heterocycles. The van der Waals surface area contributed by atoms with E-state index < -0.39 is 0 Å². The van der Waals surface area contributed by atoms with Crippen molar-refractivity contribution in [3.8, 4) is 0 Å². The molecule has 1 aliphatic rings. The first-order valence-electron chi connectivity index (χ1n) is 11.5. The predicted molar refractivity (Wildman–Crippen MR) is 126 cm³/mol. The Morgan fingerprint density at radius 1 is 1.00 bits per heavy atom. The van der Waals surface area contributed by atoms with Gasteiger partial charge >= 0.3 is 0 Å². The maximum absolute atomic E-state index is 13.3. The summed E-state index contributed by atoms with van der Waals surface area (Å²) in [5, 5.41) is 6.21. The van der Waals surface area contributed by atoms with Crippen molar-refractivity contribution in [1.29, 1.82) is 0 Å². The molecule has 0 radical (unpaired) electrons. The molecular weight excluding hydrogens is 416 g/mol. The highest BCUT2D eigenvalue weighted by atomic mass is 16.5. The van der Waals surface area contributed by atoms with Crippen molar-refractivity contribution < 1.29 is 14.3 Å². The Balaban J connectivity index is 1.58. The molecule has 2 atom stereocenters. The molecule has 0 fully saturated rings. The van der Waals surface area contributed by atoms with Gasteiger partial charge in [-0.15, -0.1) is 0 Å². The van der Waals surface area contributed by atoms with Crippen molar-refractivity contribution in [3.05, 3.63) is 89.0 Å². The quantitative estimate of drug-likeness (QED) is 0.544. The van der Waals surface area contributed by atoms with E-state index in [4.69, 9.17) is 4.74 Å². The molecule has 0 saturated heterocycles. The smallest absolute Gasteiger partial charge is 0.268 e. The SMILES string of the molecule is CCC(NC(=O)c1cc(C(=O)NC(CC)c2ccccn2)n2c1COCC2)c1ccccc1. The summed E-state index contributed by atoms with van der Waals surface area (Å²) in [5.74, 6) is -0.416. The average Bonchev–Trinajstić information content (AvgIpc) is 3.26. The summed E-state index contributed by atoms with van der Waals surface area (Å²) in [6.45, 7) is 5.38. The number of benzene rings is 1. The molecule has 0 aliphatic carbocycles. The highest BCUT2D eigenvalue weighted by Crippen LogP contribution is 2.24. The fourth-order valence-corrected chi connectivity index (χ4v) is 4.25. The number of nitrogens with one attached hydrogen (secondary N) is 2. The van der Waals surface area contributed by atoms with Crippen LogP contribution in [0.1, 0.15) is 76.6 Å². The lowest BCUT2D eigenvalue weighted by molar-refractivity contribution is 0.0773. The lowest BCUT2D eigenvalue weighted by Gasteiger charge is -2.21. The average molecular weight is 447 g/mol. The first-order chi connectivity index (χ1) is 16.1. The molecule has 0 spiro atoms. The summed E-state index contributed by atoms with van der Waals surface area (Å²) in [6, 6.07) is 17.0. The van der Waals surface area contributed by atoms with E-state index in [9.17, 15) is 9.59 Å². The number of ether oxygens (including phenoxy) is 1. The molecular formula is C26H30N4O3. The van der Waals surface area contributed by atoms with Gasteiger partial charge in [-0.05, 0) is 36.6 Å². The number of aromatic nitrogens is 2. The Morgan fingerprint density at radius 3 is 2.42 bits per heavy atom. The van der Waals surface area contributed by atoms with Crippen LogP contribution in [0.15, 0.2) is 60.8 Å². The van der Waals surface area contributed by atoms with Gasteiger partial charge in [0.1, 0.15) is 5.69 Å². The van der Waals surface area contributed by atoms with Gasteiger partial charge in [0.15, 0.2) is 0 Å². The second-order valence-electron chi connectivity index (χ2n) is 8.13. The van der Waals surface area contributed by atoms with Crippen LogP contribution in [0, 0.1) is 0 Å². The summed E-state index contributed by atoms with van der Waals surface area (Å²) in [4.78, 5) is 30.9. The van der Waals surface area contributed by atoms with Crippen LogP contribution in [0.2, 0.25) is 0 Å².